The van der Waals surface area contributed by atoms with E-state index >= 15 is 0 Å². The average molecular weight is 192 g/mol. The van der Waals surface area contributed by atoms with E-state index < -0.39 is 5.97 Å². The first-order chi connectivity index (χ1) is 5.24. The number of carboxylic acid groups (broad SMARTS) is 1. The molecule has 1 aliphatic heterocycles. The Bertz CT molecular complexity index is 191. The van der Waals surface area contributed by atoms with Gasteiger partial charge in [-0.3, -0.25) is 4.90 Å². The Kier molecular flexibility index (Phi) is 4.93. The van der Waals surface area contributed by atoms with E-state index in [9.17, 15) is 4.79 Å². The molecule has 0 spiro atoms. The van der Waals surface area contributed by atoms with Crippen molar-refractivity contribution < 1.29 is 9.90 Å². The molecule has 1 aliphatic rings. The van der Waals surface area contributed by atoms with Crippen molar-refractivity contribution in [2.75, 3.05) is 19.6 Å². The minimum atomic E-state index is -0.763. The standard InChI is InChI=1S/C8H13NO2.ClH/c1-2-9-5-3-7(4-6-9)8(10)11;/h3H,2,4-6H2,1H3,(H,10,11);1H. The average Bonchev–Trinajstić information content (AvgIpc) is 2.05. The number of likely N-dealkylation sites (N-methyl/N-ethyl adjacent to an activating group) is 1. The predicted molar refractivity (Wildman–Crippen MR) is 49.7 cm³/mol. The van der Waals surface area contributed by atoms with E-state index in [1.54, 1.807) is 6.08 Å². The molecular weight excluding hydrogens is 178 g/mol. The molecule has 0 atom stereocenters. The van der Waals surface area contributed by atoms with Crippen molar-refractivity contribution in [3.8, 4) is 0 Å². The highest BCUT2D eigenvalue weighted by atomic mass is 35.5. The quantitative estimate of drug-likeness (QED) is 0.712. The van der Waals surface area contributed by atoms with Gasteiger partial charge >= 0.3 is 5.97 Å². The topological polar surface area (TPSA) is 40.5 Å². The van der Waals surface area contributed by atoms with Gasteiger partial charge in [-0.05, 0) is 13.0 Å². The maximum Gasteiger partial charge on any atom is 0.331 e. The lowest BCUT2D eigenvalue weighted by atomic mass is 10.1. The molecule has 0 saturated carbocycles. The summed E-state index contributed by atoms with van der Waals surface area (Å²) in [6.45, 7) is 4.76. The fourth-order valence-electron chi connectivity index (χ4n) is 1.19. The lowest BCUT2D eigenvalue weighted by Crippen LogP contribution is -2.29. The summed E-state index contributed by atoms with van der Waals surface area (Å²) in [6, 6.07) is 0. The van der Waals surface area contributed by atoms with E-state index in [2.05, 4.69) is 11.8 Å². The summed E-state index contributed by atoms with van der Waals surface area (Å²) in [5.41, 5.74) is 0.565. The highest BCUT2D eigenvalue weighted by Crippen LogP contribution is 2.09. The first kappa shape index (κ1) is 11.5. The van der Waals surface area contributed by atoms with Crippen LogP contribution in [0.2, 0.25) is 0 Å². The maximum atomic E-state index is 10.5. The number of aliphatic carboxylic acids is 1. The molecule has 4 heteroatoms. The summed E-state index contributed by atoms with van der Waals surface area (Å²) in [5, 5.41) is 8.61. The lowest BCUT2D eigenvalue weighted by molar-refractivity contribution is -0.133. The van der Waals surface area contributed by atoms with Crippen molar-refractivity contribution in [1.82, 2.24) is 4.90 Å². The van der Waals surface area contributed by atoms with Crippen LogP contribution in [0.3, 0.4) is 0 Å². The monoisotopic (exact) mass is 191 g/mol. The third kappa shape index (κ3) is 2.83. The van der Waals surface area contributed by atoms with Crippen LogP contribution in [-0.2, 0) is 4.79 Å². The van der Waals surface area contributed by atoms with Gasteiger partial charge in [0.15, 0.2) is 0 Å². The van der Waals surface area contributed by atoms with Gasteiger partial charge in [0.25, 0.3) is 0 Å². The van der Waals surface area contributed by atoms with Gasteiger partial charge in [0.05, 0.1) is 0 Å². The van der Waals surface area contributed by atoms with E-state index in [1.165, 1.54) is 0 Å². The lowest BCUT2D eigenvalue weighted by Gasteiger charge is -2.22. The zero-order valence-electron chi connectivity index (χ0n) is 7.12. The second-order valence-corrected chi connectivity index (χ2v) is 2.68. The number of nitrogens with zero attached hydrogens (tertiary/aromatic N) is 1. The van der Waals surface area contributed by atoms with Crippen LogP contribution < -0.4 is 0 Å². The molecule has 12 heavy (non-hydrogen) atoms. The van der Waals surface area contributed by atoms with Crippen LogP contribution in [0.4, 0.5) is 0 Å². The highest BCUT2D eigenvalue weighted by Gasteiger charge is 2.13. The minimum absolute atomic E-state index is 0. The van der Waals surface area contributed by atoms with Crippen LogP contribution in [0.1, 0.15) is 13.3 Å². The van der Waals surface area contributed by atoms with Gasteiger partial charge < -0.3 is 5.11 Å². The molecule has 0 fully saturated rings. The summed E-state index contributed by atoms with van der Waals surface area (Å²) in [5.74, 6) is -0.763. The van der Waals surface area contributed by atoms with Gasteiger partial charge in [0.2, 0.25) is 0 Å². The Morgan fingerprint density at radius 1 is 1.75 bits per heavy atom. The molecule has 0 radical (unpaired) electrons. The summed E-state index contributed by atoms with van der Waals surface area (Å²) in [6.07, 6.45) is 2.48. The molecule has 0 aromatic carbocycles. The van der Waals surface area contributed by atoms with Gasteiger partial charge in [0.1, 0.15) is 0 Å². The number of hydrogen-bond acceptors (Lipinski definition) is 2. The van der Waals surface area contributed by atoms with Crippen molar-refractivity contribution in [1.29, 1.82) is 0 Å². The van der Waals surface area contributed by atoms with Crippen molar-refractivity contribution >= 4 is 18.4 Å². The minimum Gasteiger partial charge on any atom is -0.478 e. The Balaban J connectivity index is 0.00000121. The molecule has 1 N–H and O–H groups in total. The van der Waals surface area contributed by atoms with Gasteiger partial charge in [-0.1, -0.05) is 13.0 Å². The van der Waals surface area contributed by atoms with Crippen LogP contribution in [0.15, 0.2) is 11.6 Å². The normalized spacial score (nSPS) is 17.9. The zero-order chi connectivity index (χ0) is 8.27. The summed E-state index contributed by atoms with van der Waals surface area (Å²) in [4.78, 5) is 12.7. The number of carbonyl (C=O) groups is 1. The molecule has 0 unspecified atom stereocenters. The van der Waals surface area contributed by atoms with Gasteiger partial charge in [0, 0.05) is 18.7 Å². The van der Waals surface area contributed by atoms with Crippen LogP contribution >= 0.6 is 12.4 Å². The molecule has 3 nitrogen and oxygen atoms in total. The third-order valence-corrected chi connectivity index (χ3v) is 2.02. The van der Waals surface area contributed by atoms with Crippen LogP contribution in [0.5, 0.6) is 0 Å². The Morgan fingerprint density at radius 2 is 2.42 bits per heavy atom. The number of carboxylic acids is 1. The molecule has 0 amide bonds. The van der Waals surface area contributed by atoms with E-state index in [0.29, 0.717) is 12.0 Å². The molecule has 1 heterocycles. The van der Waals surface area contributed by atoms with Gasteiger partial charge in [-0.15, -0.1) is 12.4 Å². The van der Waals surface area contributed by atoms with Gasteiger partial charge in [-0.25, -0.2) is 4.79 Å². The molecule has 1 rings (SSSR count). The number of halogens is 1. The summed E-state index contributed by atoms with van der Waals surface area (Å²) < 4.78 is 0. The van der Waals surface area contributed by atoms with E-state index in [4.69, 9.17) is 5.11 Å². The fourth-order valence-corrected chi connectivity index (χ4v) is 1.19. The summed E-state index contributed by atoms with van der Waals surface area (Å²) in [7, 11) is 0. The second kappa shape index (κ2) is 5.17. The molecule has 0 aromatic heterocycles. The maximum absolute atomic E-state index is 10.5. The second-order valence-electron chi connectivity index (χ2n) is 2.68. The molecule has 0 saturated heterocycles. The fraction of sp³-hybridized carbons (Fsp3) is 0.625. The predicted octanol–water partition coefficient (Wildman–Crippen LogP) is 1.14. The van der Waals surface area contributed by atoms with Crippen molar-refractivity contribution in [2.45, 2.75) is 13.3 Å². The Hall–Kier alpha value is -0.540. The largest absolute Gasteiger partial charge is 0.478 e. The van der Waals surface area contributed by atoms with Crippen LogP contribution in [-0.4, -0.2) is 35.6 Å². The smallest absolute Gasteiger partial charge is 0.331 e. The van der Waals surface area contributed by atoms with E-state index in [1.807, 2.05) is 0 Å². The third-order valence-electron chi connectivity index (χ3n) is 2.02. The number of hydrogen-bond donors (Lipinski definition) is 1. The molecule has 0 aliphatic carbocycles. The molecule has 0 aromatic rings. The van der Waals surface area contributed by atoms with Gasteiger partial charge in [-0.2, -0.15) is 0 Å². The molecule has 0 bridgehead atoms. The van der Waals surface area contributed by atoms with Crippen LogP contribution in [0.25, 0.3) is 0 Å². The van der Waals surface area contributed by atoms with E-state index in [-0.39, 0.29) is 12.4 Å². The number of rotatable bonds is 2. The Labute approximate surface area is 78.5 Å². The summed E-state index contributed by atoms with van der Waals surface area (Å²) >= 11 is 0. The highest BCUT2D eigenvalue weighted by molar-refractivity contribution is 5.86. The zero-order valence-corrected chi connectivity index (χ0v) is 7.93. The first-order valence-electron chi connectivity index (χ1n) is 3.88. The molecule has 70 valence electrons. The van der Waals surface area contributed by atoms with Crippen molar-refractivity contribution in [2.24, 2.45) is 0 Å². The first-order valence-corrected chi connectivity index (χ1v) is 3.88. The van der Waals surface area contributed by atoms with E-state index in [0.717, 1.165) is 19.6 Å². The van der Waals surface area contributed by atoms with Crippen molar-refractivity contribution in [3.05, 3.63) is 11.6 Å². The van der Waals surface area contributed by atoms with Crippen molar-refractivity contribution in [3.63, 3.8) is 0 Å². The SMILES string of the molecule is CCN1CC=C(C(=O)O)CC1.Cl. The Morgan fingerprint density at radius 3 is 2.75 bits per heavy atom. The van der Waals surface area contributed by atoms with Crippen LogP contribution in [0, 0.1) is 0 Å². The molecular formula is C8H14ClNO2.